The van der Waals surface area contributed by atoms with Gasteiger partial charge in [0.15, 0.2) is 0 Å². The van der Waals surface area contributed by atoms with Crippen LogP contribution < -0.4 is 10.2 Å². The molecule has 2 heterocycles. The van der Waals surface area contributed by atoms with Crippen molar-refractivity contribution < 1.29 is 9.59 Å². The molecule has 6 nitrogen and oxygen atoms in total. The van der Waals surface area contributed by atoms with Gasteiger partial charge in [-0.3, -0.25) is 14.3 Å². The number of anilines is 2. The number of rotatable bonds is 3. The van der Waals surface area contributed by atoms with E-state index in [0.29, 0.717) is 18.2 Å². The first-order valence-corrected chi connectivity index (χ1v) is 8.34. The Morgan fingerprint density at radius 2 is 2.12 bits per heavy atom. The van der Waals surface area contributed by atoms with E-state index in [2.05, 4.69) is 10.4 Å². The van der Waals surface area contributed by atoms with Crippen LogP contribution in [0.4, 0.5) is 11.4 Å². The van der Waals surface area contributed by atoms with Crippen LogP contribution in [0.2, 0.25) is 0 Å². The number of hydrogen-bond acceptors (Lipinski definition) is 3. The Bertz CT molecular complexity index is 794. The smallest absolute Gasteiger partial charge is 0.248 e. The van der Waals surface area contributed by atoms with Crippen molar-refractivity contribution in [2.24, 2.45) is 5.92 Å². The van der Waals surface area contributed by atoms with Gasteiger partial charge in [-0.15, -0.1) is 0 Å². The second kappa shape index (κ2) is 5.78. The molecule has 1 aliphatic heterocycles. The predicted molar refractivity (Wildman–Crippen MR) is 90.8 cm³/mol. The third-order valence-corrected chi connectivity index (χ3v) is 4.66. The zero-order chi connectivity index (χ0) is 16.7. The van der Waals surface area contributed by atoms with Gasteiger partial charge in [-0.25, -0.2) is 0 Å². The van der Waals surface area contributed by atoms with Gasteiger partial charge in [-0.1, -0.05) is 19.1 Å². The van der Waals surface area contributed by atoms with Crippen LogP contribution >= 0.6 is 0 Å². The van der Waals surface area contributed by atoms with Gasteiger partial charge >= 0.3 is 0 Å². The van der Waals surface area contributed by atoms with E-state index >= 15 is 0 Å². The summed E-state index contributed by atoms with van der Waals surface area (Å²) in [5.41, 5.74) is 2.64. The first-order valence-electron chi connectivity index (χ1n) is 8.34. The summed E-state index contributed by atoms with van der Waals surface area (Å²) < 4.78 is 1.70. The summed E-state index contributed by atoms with van der Waals surface area (Å²) in [5.74, 6) is 0.236. The molecule has 2 aromatic rings. The molecule has 124 valence electrons. The van der Waals surface area contributed by atoms with Gasteiger partial charge in [0.1, 0.15) is 6.54 Å². The van der Waals surface area contributed by atoms with Crippen molar-refractivity contribution in [3.63, 3.8) is 0 Å². The quantitative estimate of drug-likeness (QED) is 0.942. The maximum Gasteiger partial charge on any atom is 0.248 e. The number of amides is 2. The van der Waals surface area contributed by atoms with Gasteiger partial charge in [0.05, 0.1) is 23.5 Å². The number of hydrogen-bond donors (Lipinski definition) is 1. The molecule has 1 aliphatic carbocycles. The molecule has 1 saturated carbocycles. The number of fused-ring (bicyclic) bond motifs is 1. The molecule has 1 atom stereocenters. The number of para-hydroxylation sites is 2. The zero-order valence-electron chi connectivity index (χ0n) is 13.6. The lowest BCUT2D eigenvalue weighted by molar-refractivity contribution is -0.120. The molecule has 2 aliphatic rings. The highest BCUT2D eigenvalue weighted by atomic mass is 16.2. The minimum absolute atomic E-state index is 0.0590. The Labute approximate surface area is 140 Å². The Balaban J connectivity index is 1.58. The molecule has 1 fully saturated rings. The summed E-state index contributed by atoms with van der Waals surface area (Å²) in [6.45, 7) is 2.39. The summed E-state index contributed by atoms with van der Waals surface area (Å²) in [5, 5.41) is 7.21. The standard InChI is InChI=1S/C18H20N4O2/c1-12-9-22(16-5-3-2-4-15(16)20-18(12)24)17(23)11-21-10-14(8-19-21)13-6-7-13/h2-5,8,10,12-13H,6-7,9,11H2,1H3,(H,20,24)/t12-/m1/s1. The number of carbonyl (C=O) groups is 2. The average molecular weight is 324 g/mol. The average Bonchev–Trinajstić information content (AvgIpc) is 3.34. The lowest BCUT2D eigenvalue weighted by Crippen LogP contribution is -2.38. The van der Waals surface area contributed by atoms with Gasteiger partial charge in [0, 0.05) is 12.7 Å². The molecule has 0 bridgehead atoms. The van der Waals surface area contributed by atoms with Gasteiger partial charge in [-0.05, 0) is 36.5 Å². The lowest BCUT2D eigenvalue weighted by atomic mass is 10.1. The molecule has 0 radical (unpaired) electrons. The van der Waals surface area contributed by atoms with Crippen molar-refractivity contribution in [2.75, 3.05) is 16.8 Å². The van der Waals surface area contributed by atoms with Gasteiger partial charge in [-0.2, -0.15) is 5.10 Å². The molecule has 0 unspecified atom stereocenters. The molecule has 1 aromatic carbocycles. The molecule has 6 heteroatoms. The SMILES string of the molecule is C[C@@H]1CN(C(=O)Cn2cc(C3CC3)cn2)c2ccccc2NC1=O. The Morgan fingerprint density at radius 3 is 2.92 bits per heavy atom. The number of benzene rings is 1. The first kappa shape index (κ1) is 14.9. The van der Waals surface area contributed by atoms with Crippen molar-refractivity contribution in [3.05, 3.63) is 42.2 Å². The molecular weight excluding hydrogens is 304 g/mol. The summed E-state index contributed by atoms with van der Waals surface area (Å²) in [6, 6.07) is 7.42. The molecule has 2 amide bonds. The molecule has 1 aromatic heterocycles. The van der Waals surface area contributed by atoms with Crippen LogP contribution in [0.25, 0.3) is 0 Å². The largest absolute Gasteiger partial charge is 0.324 e. The van der Waals surface area contributed by atoms with Gasteiger partial charge in [0.2, 0.25) is 11.8 Å². The molecular formula is C18H20N4O2. The molecule has 1 N–H and O–H groups in total. The maximum absolute atomic E-state index is 12.9. The topological polar surface area (TPSA) is 67.2 Å². The summed E-state index contributed by atoms with van der Waals surface area (Å²) >= 11 is 0. The monoisotopic (exact) mass is 324 g/mol. The first-order chi connectivity index (χ1) is 11.6. The highest BCUT2D eigenvalue weighted by molar-refractivity contribution is 6.04. The summed E-state index contributed by atoms with van der Waals surface area (Å²) in [6.07, 6.45) is 6.25. The minimum atomic E-state index is -0.263. The number of aromatic nitrogens is 2. The highest BCUT2D eigenvalue weighted by Crippen LogP contribution is 2.39. The number of carbonyl (C=O) groups excluding carboxylic acids is 2. The van der Waals surface area contributed by atoms with Gasteiger partial charge in [0.25, 0.3) is 0 Å². The van der Waals surface area contributed by atoms with E-state index in [-0.39, 0.29) is 24.3 Å². The van der Waals surface area contributed by atoms with Crippen LogP contribution in [-0.2, 0) is 16.1 Å². The van der Waals surface area contributed by atoms with Crippen LogP contribution in [0, 0.1) is 5.92 Å². The van der Waals surface area contributed by atoms with E-state index in [4.69, 9.17) is 0 Å². The van der Waals surface area contributed by atoms with E-state index in [1.165, 1.54) is 18.4 Å². The van der Waals surface area contributed by atoms with Crippen molar-refractivity contribution in [2.45, 2.75) is 32.2 Å². The zero-order valence-corrected chi connectivity index (χ0v) is 13.6. The van der Waals surface area contributed by atoms with Crippen molar-refractivity contribution in [1.82, 2.24) is 9.78 Å². The fourth-order valence-electron chi connectivity index (χ4n) is 3.08. The second-order valence-electron chi connectivity index (χ2n) is 6.66. The Kier molecular flexibility index (Phi) is 3.59. The third kappa shape index (κ3) is 2.79. The van der Waals surface area contributed by atoms with Crippen molar-refractivity contribution >= 4 is 23.2 Å². The molecule has 24 heavy (non-hydrogen) atoms. The van der Waals surface area contributed by atoms with E-state index < -0.39 is 0 Å². The van der Waals surface area contributed by atoms with E-state index in [0.717, 1.165) is 5.69 Å². The van der Waals surface area contributed by atoms with Crippen LogP contribution in [0.5, 0.6) is 0 Å². The fraction of sp³-hybridized carbons (Fsp3) is 0.389. The fourth-order valence-corrected chi connectivity index (χ4v) is 3.08. The summed E-state index contributed by atoms with van der Waals surface area (Å²) in [4.78, 5) is 26.7. The number of nitrogens with one attached hydrogen (secondary N) is 1. The molecule has 0 saturated heterocycles. The molecule has 0 spiro atoms. The maximum atomic E-state index is 12.9. The third-order valence-electron chi connectivity index (χ3n) is 4.66. The second-order valence-corrected chi connectivity index (χ2v) is 6.66. The van der Waals surface area contributed by atoms with Crippen LogP contribution in [0.1, 0.15) is 31.2 Å². The van der Waals surface area contributed by atoms with Crippen LogP contribution in [0.15, 0.2) is 36.7 Å². The highest BCUT2D eigenvalue weighted by Gasteiger charge is 2.29. The van der Waals surface area contributed by atoms with E-state index in [1.807, 2.05) is 43.6 Å². The summed E-state index contributed by atoms with van der Waals surface area (Å²) in [7, 11) is 0. The van der Waals surface area contributed by atoms with Crippen molar-refractivity contribution in [1.29, 1.82) is 0 Å². The van der Waals surface area contributed by atoms with Gasteiger partial charge < -0.3 is 10.2 Å². The predicted octanol–water partition coefficient (Wildman–Crippen LogP) is 2.38. The normalized spacial score (nSPS) is 20.3. The van der Waals surface area contributed by atoms with E-state index in [9.17, 15) is 9.59 Å². The minimum Gasteiger partial charge on any atom is -0.324 e. The van der Waals surface area contributed by atoms with Crippen LogP contribution in [0.3, 0.4) is 0 Å². The molecule has 4 rings (SSSR count). The Hall–Kier alpha value is -2.63. The number of nitrogens with zero attached hydrogens (tertiary/aromatic N) is 3. The Morgan fingerprint density at radius 1 is 1.33 bits per heavy atom. The lowest BCUT2D eigenvalue weighted by Gasteiger charge is -2.23. The van der Waals surface area contributed by atoms with Crippen molar-refractivity contribution in [3.8, 4) is 0 Å². The van der Waals surface area contributed by atoms with E-state index in [1.54, 1.807) is 9.58 Å². The van der Waals surface area contributed by atoms with Crippen LogP contribution in [-0.4, -0.2) is 28.1 Å².